The van der Waals surface area contributed by atoms with Crippen molar-refractivity contribution in [3.63, 3.8) is 0 Å². The molecule has 0 aliphatic heterocycles. The minimum atomic E-state index is -0.975. The van der Waals surface area contributed by atoms with E-state index in [0.717, 1.165) is 5.56 Å². The minimum Gasteiger partial charge on any atom is -0.467 e. The van der Waals surface area contributed by atoms with Crippen molar-refractivity contribution >= 4 is 29.3 Å². The molecule has 156 valence electrons. The molecule has 0 fully saturated rings. The molecule has 1 aromatic heterocycles. The zero-order chi connectivity index (χ0) is 21.7. The van der Waals surface area contributed by atoms with Crippen molar-refractivity contribution in [2.24, 2.45) is 0 Å². The Bertz CT molecular complexity index is 1030. The van der Waals surface area contributed by atoms with E-state index in [0.29, 0.717) is 23.0 Å². The number of rotatable bonds is 6. The number of urea groups is 1. The summed E-state index contributed by atoms with van der Waals surface area (Å²) < 4.78 is 22.9. The maximum Gasteiger partial charge on any atom is 0.330 e. The summed E-state index contributed by atoms with van der Waals surface area (Å²) >= 11 is 0. The zero-order valence-corrected chi connectivity index (χ0v) is 16.7. The van der Waals surface area contributed by atoms with Crippen LogP contribution in [0, 0.1) is 5.82 Å². The highest BCUT2D eigenvalue weighted by molar-refractivity contribution is 5.99. The molecule has 0 saturated carbocycles. The van der Waals surface area contributed by atoms with Gasteiger partial charge in [0.15, 0.2) is 0 Å². The van der Waals surface area contributed by atoms with Crippen molar-refractivity contribution < 1.29 is 23.2 Å². The van der Waals surface area contributed by atoms with Gasteiger partial charge in [0.25, 0.3) is 0 Å². The van der Waals surface area contributed by atoms with Gasteiger partial charge < -0.3 is 25.2 Å². The van der Waals surface area contributed by atoms with Crippen LogP contribution in [0.5, 0.6) is 0 Å². The van der Waals surface area contributed by atoms with Crippen LogP contribution in [0.3, 0.4) is 0 Å². The van der Waals surface area contributed by atoms with Crippen molar-refractivity contribution in [1.29, 1.82) is 0 Å². The Morgan fingerprint density at radius 2 is 1.57 bits per heavy atom. The number of hydrogen-bond donors (Lipinski definition) is 3. The number of nitrogens with zero attached hydrogens (tertiary/aromatic N) is 1. The molecule has 9 heteroatoms. The van der Waals surface area contributed by atoms with E-state index in [1.54, 1.807) is 44.2 Å². The Kier molecular flexibility index (Phi) is 6.01. The highest BCUT2D eigenvalue weighted by Gasteiger charge is 2.29. The molecule has 0 aliphatic rings. The van der Waals surface area contributed by atoms with E-state index in [-0.39, 0.29) is 5.82 Å². The first kappa shape index (κ1) is 20.8. The molecule has 0 radical (unpaired) electrons. The van der Waals surface area contributed by atoms with Crippen molar-refractivity contribution in [1.82, 2.24) is 5.16 Å². The number of nitrogens with one attached hydrogen (secondary N) is 3. The summed E-state index contributed by atoms with van der Waals surface area (Å²) in [5, 5.41) is 12.2. The Balaban J connectivity index is 1.62. The molecule has 3 rings (SSSR count). The average molecular weight is 412 g/mol. The number of anilines is 3. The molecule has 0 bridgehead atoms. The molecule has 3 N–H and O–H groups in total. The monoisotopic (exact) mass is 412 g/mol. The predicted octanol–water partition coefficient (Wildman–Crippen LogP) is 4.49. The Labute approximate surface area is 172 Å². The lowest BCUT2D eigenvalue weighted by Crippen LogP contribution is -2.40. The van der Waals surface area contributed by atoms with Gasteiger partial charge in [-0.15, -0.1) is 0 Å². The Morgan fingerprint density at radius 3 is 2.13 bits per heavy atom. The van der Waals surface area contributed by atoms with Gasteiger partial charge in [-0.25, -0.2) is 14.0 Å². The van der Waals surface area contributed by atoms with E-state index in [1.807, 2.05) is 0 Å². The zero-order valence-electron chi connectivity index (χ0n) is 16.7. The number of carbonyl (C=O) groups is 2. The fourth-order valence-corrected chi connectivity index (χ4v) is 2.64. The molecular formula is C21H21FN4O4. The largest absolute Gasteiger partial charge is 0.467 e. The molecule has 0 atom stereocenters. The van der Waals surface area contributed by atoms with Crippen LogP contribution in [0.1, 0.15) is 13.8 Å². The number of amides is 2. The normalized spacial score (nSPS) is 10.9. The van der Waals surface area contributed by atoms with Crippen molar-refractivity contribution in [3.8, 4) is 11.3 Å². The molecule has 2 amide bonds. The number of esters is 1. The molecule has 0 spiro atoms. The van der Waals surface area contributed by atoms with Crippen LogP contribution in [0.4, 0.5) is 26.4 Å². The molecule has 2 aromatic carbocycles. The van der Waals surface area contributed by atoms with Crippen molar-refractivity contribution in [2.75, 3.05) is 23.1 Å². The summed E-state index contributed by atoms with van der Waals surface area (Å²) in [4.78, 5) is 23.8. The van der Waals surface area contributed by atoms with Crippen LogP contribution >= 0.6 is 0 Å². The second-order valence-electron chi connectivity index (χ2n) is 6.98. The van der Waals surface area contributed by atoms with Gasteiger partial charge in [0, 0.05) is 23.0 Å². The number of hydrogen-bond acceptors (Lipinski definition) is 6. The molecule has 0 saturated heterocycles. The number of benzene rings is 2. The third kappa shape index (κ3) is 5.13. The lowest BCUT2D eigenvalue weighted by molar-refractivity contribution is -0.144. The van der Waals surface area contributed by atoms with Crippen LogP contribution in [0.2, 0.25) is 0 Å². The smallest absolute Gasteiger partial charge is 0.330 e. The van der Waals surface area contributed by atoms with Gasteiger partial charge in [-0.3, -0.25) is 0 Å². The van der Waals surface area contributed by atoms with Gasteiger partial charge in [-0.05, 0) is 50.2 Å². The van der Waals surface area contributed by atoms with Gasteiger partial charge in [-0.1, -0.05) is 17.3 Å². The van der Waals surface area contributed by atoms with E-state index in [9.17, 15) is 14.0 Å². The Morgan fingerprint density at radius 1 is 1.00 bits per heavy atom. The van der Waals surface area contributed by atoms with Crippen LogP contribution < -0.4 is 16.0 Å². The summed E-state index contributed by atoms with van der Waals surface area (Å²) in [7, 11) is 1.31. The number of methoxy groups -OCH3 is 1. The van der Waals surface area contributed by atoms with E-state index in [1.165, 1.54) is 31.4 Å². The second-order valence-corrected chi connectivity index (χ2v) is 6.98. The lowest BCUT2D eigenvalue weighted by Gasteiger charge is -2.21. The standard InChI is InChI=1S/C21H21FN4O4/c1-21(2,19(27)29-3)25-18-12-17(26-30-18)13-4-8-15(9-5-13)23-20(28)24-16-10-6-14(22)7-11-16/h4-12,25H,1-3H3,(H2,23,24,28). The van der Waals surface area contributed by atoms with Crippen LogP contribution in [0.15, 0.2) is 59.1 Å². The van der Waals surface area contributed by atoms with E-state index in [2.05, 4.69) is 21.1 Å². The van der Waals surface area contributed by atoms with Crippen LogP contribution in [0.25, 0.3) is 11.3 Å². The first-order valence-corrected chi connectivity index (χ1v) is 9.04. The third-order valence-corrected chi connectivity index (χ3v) is 4.18. The summed E-state index contributed by atoms with van der Waals surface area (Å²) in [5.74, 6) is -0.493. The second kappa shape index (κ2) is 8.64. The average Bonchev–Trinajstić information content (AvgIpc) is 3.17. The van der Waals surface area contributed by atoms with Gasteiger partial charge in [-0.2, -0.15) is 0 Å². The predicted molar refractivity (Wildman–Crippen MR) is 111 cm³/mol. The molecule has 0 aliphatic carbocycles. The van der Waals surface area contributed by atoms with Crippen LogP contribution in [-0.4, -0.2) is 29.8 Å². The van der Waals surface area contributed by atoms with Gasteiger partial charge in [0.1, 0.15) is 17.1 Å². The summed E-state index contributed by atoms with van der Waals surface area (Å²) in [6.07, 6.45) is 0. The van der Waals surface area contributed by atoms with Crippen molar-refractivity contribution in [2.45, 2.75) is 19.4 Å². The highest BCUT2D eigenvalue weighted by atomic mass is 19.1. The minimum absolute atomic E-state index is 0.321. The van der Waals surface area contributed by atoms with Crippen LogP contribution in [-0.2, 0) is 9.53 Å². The van der Waals surface area contributed by atoms with E-state index >= 15 is 0 Å². The van der Waals surface area contributed by atoms with Gasteiger partial charge in [0.05, 0.1) is 7.11 Å². The molecule has 3 aromatic rings. The number of ether oxygens (including phenoxy) is 1. The molecule has 30 heavy (non-hydrogen) atoms. The fraction of sp³-hybridized carbons (Fsp3) is 0.190. The molecule has 1 heterocycles. The number of aromatic nitrogens is 1. The first-order chi connectivity index (χ1) is 14.3. The number of halogens is 1. The fourth-order valence-electron chi connectivity index (χ4n) is 2.64. The summed E-state index contributed by atoms with van der Waals surface area (Å²) in [5.41, 5.74) is 1.37. The topological polar surface area (TPSA) is 105 Å². The maximum atomic E-state index is 12.9. The Hall–Kier alpha value is -3.88. The SMILES string of the molecule is COC(=O)C(C)(C)Nc1cc(-c2ccc(NC(=O)Nc3ccc(F)cc3)cc2)no1. The quantitative estimate of drug-likeness (QED) is 0.515. The molecule has 0 unspecified atom stereocenters. The third-order valence-electron chi connectivity index (χ3n) is 4.18. The van der Waals surface area contributed by atoms with E-state index in [4.69, 9.17) is 9.26 Å². The highest BCUT2D eigenvalue weighted by Crippen LogP contribution is 2.25. The molecule has 8 nitrogen and oxygen atoms in total. The maximum absolute atomic E-state index is 12.9. The summed E-state index contributed by atoms with van der Waals surface area (Å²) in [6, 6.07) is 13.6. The first-order valence-electron chi connectivity index (χ1n) is 9.04. The lowest BCUT2D eigenvalue weighted by atomic mass is 10.1. The summed E-state index contributed by atoms with van der Waals surface area (Å²) in [6.45, 7) is 3.33. The van der Waals surface area contributed by atoms with Gasteiger partial charge >= 0.3 is 12.0 Å². The molecular weight excluding hydrogens is 391 g/mol. The van der Waals surface area contributed by atoms with Gasteiger partial charge in [0.2, 0.25) is 5.88 Å². The van der Waals surface area contributed by atoms with E-state index < -0.39 is 17.5 Å². The number of carbonyl (C=O) groups excluding carboxylic acids is 2. The van der Waals surface area contributed by atoms with Crippen molar-refractivity contribution in [3.05, 3.63) is 60.4 Å².